The van der Waals surface area contributed by atoms with Gasteiger partial charge >= 0.3 is 5.97 Å². The Balaban J connectivity index is 1.85. The van der Waals surface area contributed by atoms with Crippen LogP contribution in [0.2, 0.25) is 10.0 Å². The quantitative estimate of drug-likeness (QED) is 0.926. The summed E-state index contributed by atoms with van der Waals surface area (Å²) < 4.78 is 0. The lowest BCUT2D eigenvalue weighted by molar-refractivity contribution is -0.138. The number of benzene rings is 1. The maximum Gasteiger partial charge on any atom is 0.317 e. The molecule has 1 fully saturated rings. The van der Waals surface area contributed by atoms with Crippen molar-refractivity contribution in [1.29, 1.82) is 0 Å². The van der Waals surface area contributed by atoms with Crippen LogP contribution in [0.5, 0.6) is 0 Å². The highest BCUT2D eigenvalue weighted by Gasteiger charge is 2.18. The third kappa shape index (κ3) is 4.35. The molecule has 0 aliphatic carbocycles. The van der Waals surface area contributed by atoms with E-state index in [4.69, 9.17) is 28.3 Å². The van der Waals surface area contributed by atoms with E-state index in [1.807, 2.05) is 17.0 Å². The van der Waals surface area contributed by atoms with E-state index in [1.165, 1.54) is 0 Å². The molecule has 0 radical (unpaired) electrons. The molecule has 1 N–H and O–H groups in total. The van der Waals surface area contributed by atoms with Gasteiger partial charge in [0, 0.05) is 32.7 Å². The van der Waals surface area contributed by atoms with Crippen molar-refractivity contribution < 1.29 is 9.90 Å². The van der Waals surface area contributed by atoms with E-state index < -0.39 is 5.97 Å². The van der Waals surface area contributed by atoms with Gasteiger partial charge in [0.2, 0.25) is 0 Å². The van der Waals surface area contributed by atoms with E-state index in [-0.39, 0.29) is 6.54 Å². The minimum atomic E-state index is -0.766. The molecular formula is C13H16Cl2N2O2. The highest BCUT2D eigenvalue weighted by Crippen LogP contribution is 2.23. The zero-order chi connectivity index (χ0) is 13.8. The molecule has 1 aliphatic rings. The minimum Gasteiger partial charge on any atom is -0.480 e. The average Bonchev–Trinajstić information content (AvgIpc) is 2.36. The topological polar surface area (TPSA) is 43.8 Å². The Morgan fingerprint density at radius 1 is 1.11 bits per heavy atom. The monoisotopic (exact) mass is 302 g/mol. The Morgan fingerprint density at radius 2 is 1.74 bits per heavy atom. The van der Waals surface area contributed by atoms with Crippen molar-refractivity contribution in [3.05, 3.63) is 33.8 Å². The van der Waals surface area contributed by atoms with Gasteiger partial charge in [0.1, 0.15) is 0 Å². The number of carbonyl (C=O) groups is 1. The van der Waals surface area contributed by atoms with Crippen LogP contribution in [0, 0.1) is 0 Å². The number of carboxylic acids is 1. The van der Waals surface area contributed by atoms with Crippen molar-refractivity contribution in [2.75, 3.05) is 32.7 Å². The molecule has 6 heteroatoms. The molecule has 2 rings (SSSR count). The number of nitrogens with zero attached hydrogens (tertiary/aromatic N) is 2. The lowest BCUT2D eigenvalue weighted by atomic mass is 10.2. The van der Waals surface area contributed by atoms with Crippen molar-refractivity contribution in [2.45, 2.75) is 6.54 Å². The van der Waals surface area contributed by atoms with Crippen LogP contribution in [0.4, 0.5) is 0 Å². The Hall–Kier alpha value is -0.810. The number of aliphatic carboxylic acids is 1. The Kier molecular flexibility index (Phi) is 5.05. The molecule has 0 atom stereocenters. The van der Waals surface area contributed by atoms with Gasteiger partial charge in [0.15, 0.2) is 0 Å². The minimum absolute atomic E-state index is 0.126. The predicted molar refractivity (Wildman–Crippen MR) is 75.8 cm³/mol. The summed E-state index contributed by atoms with van der Waals surface area (Å²) in [6.45, 7) is 4.25. The SMILES string of the molecule is O=C(O)CN1CCN(Cc2ccc(Cl)c(Cl)c2)CC1. The van der Waals surface area contributed by atoms with Crippen LogP contribution in [0.3, 0.4) is 0 Å². The molecule has 104 valence electrons. The molecular weight excluding hydrogens is 287 g/mol. The van der Waals surface area contributed by atoms with Crippen molar-refractivity contribution in [3.63, 3.8) is 0 Å². The normalized spacial score (nSPS) is 17.6. The first-order valence-corrected chi connectivity index (χ1v) is 6.90. The molecule has 4 nitrogen and oxygen atoms in total. The van der Waals surface area contributed by atoms with Gasteiger partial charge in [-0.15, -0.1) is 0 Å². The largest absolute Gasteiger partial charge is 0.480 e. The maximum absolute atomic E-state index is 10.6. The molecule has 1 aliphatic heterocycles. The second kappa shape index (κ2) is 6.57. The van der Waals surface area contributed by atoms with Gasteiger partial charge < -0.3 is 5.11 Å². The highest BCUT2D eigenvalue weighted by atomic mass is 35.5. The zero-order valence-electron chi connectivity index (χ0n) is 10.5. The molecule has 0 bridgehead atoms. The summed E-state index contributed by atoms with van der Waals surface area (Å²) in [7, 11) is 0. The highest BCUT2D eigenvalue weighted by molar-refractivity contribution is 6.42. The maximum atomic E-state index is 10.6. The van der Waals surface area contributed by atoms with Gasteiger partial charge in [-0.2, -0.15) is 0 Å². The van der Waals surface area contributed by atoms with Crippen LogP contribution in [0.1, 0.15) is 5.56 Å². The molecule has 1 aromatic rings. The van der Waals surface area contributed by atoms with E-state index in [1.54, 1.807) is 6.07 Å². The van der Waals surface area contributed by atoms with Gasteiger partial charge in [0.25, 0.3) is 0 Å². The molecule has 19 heavy (non-hydrogen) atoms. The van der Waals surface area contributed by atoms with E-state index in [0.717, 1.165) is 38.3 Å². The summed E-state index contributed by atoms with van der Waals surface area (Å²) in [6, 6.07) is 5.66. The summed E-state index contributed by atoms with van der Waals surface area (Å²) in [5.41, 5.74) is 1.13. The van der Waals surface area contributed by atoms with Crippen LogP contribution in [0.15, 0.2) is 18.2 Å². The summed E-state index contributed by atoms with van der Waals surface area (Å²) in [5.74, 6) is -0.766. The Morgan fingerprint density at radius 3 is 2.32 bits per heavy atom. The third-order valence-corrected chi connectivity index (χ3v) is 3.95. The van der Waals surface area contributed by atoms with E-state index in [2.05, 4.69) is 4.90 Å². The van der Waals surface area contributed by atoms with Crippen LogP contribution in [0.25, 0.3) is 0 Å². The predicted octanol–water partition coefficient (Wildman–Crippen LogP) is 2.20. The first-order chi connectivity index (χ1) is 9.04. The molecule has 1 saturated heterocycles. The molecule has 0 unspecified atom stereocenters. The van der Waals surface area contributed by atoms with Gasteiger partial charge in [0.05, 0.1) is 16.6 Å². The van der Waals surface area contributed by atoms with E-state index in [9.17, 15) is 4.79 Å². The fourth-order valence-electron chi connectivity index (χ4n) is 2.19. The third-order valence-electron chi connectivity index (χ3n) is 3.21. The standard InChI is InChI=1S/C13H16Cl2N2O2/c14-11-2-1-10(7-12(11)15)8-16-3-5-17(6-4-16)9-13(18)19/h1-2,7H,3-6,8-9H2,(H,18,19). The molecule has 0 saturated carbocycles. The first kappa shape index (κ1) is 14.6. The Labute approximate surface area is 122 Å². The number of rotatable bonds is 4. The van der Waals surface area contributed by atoms with Crippen LogP contribution >= 0.6 is 23.2 Å². The fourth-order valence-corrected chi connectivity index (χ4v) is 2.51. The van der Waals surface area contributed by atoms with Crippen molar-refractivity contribution in [1.82, 2.24) is 9.80 Å². The van der Waals surface area contributed by atoms with Crippen molar-refractivity contribution in [2.24, 2.45) is 0 Å². The summed E-state index contributed by atoms with van der Waals surface area (Å²) in [6.07, 6.45) is 0. The van der Waals surface area contributed by atoms with Gasteiger partial charge in [-0.25, -0.2) is 0 Å². The smallest absolute Gasteiger partial charge is 0.317 e. The second-order valence-corrected chi connectivity index (χ2v) is 5.51. The van der Waals surface area contributed by atoms with Crippen LogP contribution < -0.4 is 0 Å². The summed E-state index contributed by atoms with van der Waals surface area (Å²) >= 11 is 11.9. The van der Waals surface area contributed by atoms with Gasteiger partial charge in [-0.3, -0.25) is 14.6 Å². The molecule has 0 spiro atoms. The lowest BCUT2D eigenvalue weighted by Gasteiger charge is -2.33. The van der Waals surface area contributed by atoms with Gasteiger partial charge in [-0.05, 0) is 17.7 Å². The zero-order valence-corrected chi connectivity index (χ0v) is 12.0. The second-order valence-electron chi connectivity index (χ2n) is 4.69. The molecule has 0 aromatic heterocycles. The molecule has 1 heterocycles. The van der Waals surface area contributed by atoms with Crippen molar-refractivity contribution in [3.8, 4) is 0 Å². The van der Waals surface area contributed by atoms with Crippen molar-refractivity contribution >= 4 is 29.2 Å². The van der Waals surface area contributed by atoms with E-state index >= 15 is 0 Å². The van der Waals surface area contributed by atoms with Crippen LogP contribution in [-0.4, -0.2) is 53.6 Å². The molecule has 0 amide bonds. The van der Waals surface area contributed by atoms with Crippen LogP contribution in [-0.2, 0) is 11.3 Å². The number of hydrogen-bond donors (Lipinski definition) is 1. The average molecular weight is 303 g/mol. The number of hydrogen-bond acceptors (Lipinski definition) is 3. The number of halogens is 2. The fraction of sp³-hybridized carbons (Fsp3) is 0.462. The van der Waals surface area contributed by atoms with E-state index in [0.29, 0.717) is 10.0 Å². The summed E-state index contributed by atoms with van der Waals surface area (Å²) in [5, 5.41) is 9.88. The lowest BCUT2D eigenvalue weighted by Crippen LogP contribution is -2.47. The number of piperazine rings is 1. The Bertz CT molecular complexity index is 460. The molecule has 1 aromatic carbocycles. The first-order valence-electron chi connectivity index (χ1n) is 6.15. The van der Waals surface area contributed by atoms with Gasteiger partial charge in [-0.1, -0.05) is 29.3 Å². The number of carboxylic acid groups (broad SMARTS) is 1. The summed E-state index contributed by atoms with van der Waals surface area (Å²) in [4.78, 5) is 14.9.